The van der Waals surface area contributed by atoms with Crippen LogP contribution in [0.4, 0.5) is 22.7 Å². The third kappa shape index (κ3) is 9.35. The molecule has 0 saturated heterocycles. The normalized spacial score (nSPS) is 10.7. The van der Waals surface area contributed by atoms with E-state index in [0.29, 0.717) is 62.2 Å². The molecule has 0 radical (unpaired) electrons. The van der Waals surface area contributed by atoms with E-state index < -0.39 is 0 Å². The summed E-state index contributed by atoms with van der Waals surface area (Å²) in [6.45, 7) is 3.68. The van der Waals surface area contributed by atoms with Crippen molar-refractivity contribution in [2.75, 3.05) is 39.0 Å². The highest BCUT2D eigenvalue weighted by atomic mass is 35.5. The number of hydrogen-bond donors (Lipinski definition) is 2. The Bertz CT molecular complexity index is 2310. The Morgan fingerprint density at radius 2 is 1.16 bits per heavy atom. The van der Waals surface area contributed by atoms with Crippen LogP contribution in [0.2, 0.25) is 10.3 Å². The van der Waals surface area contributed by atoms with Crippen molar-refractivity contribution in [3.8, 4) is 34.3 Å². The van der Waals surface area contributed by atoms with Gasteiger partial charge in [-0.05, 0) is 36.4 Å². The molecule has 0 bridgehead atoms. The number of hydroxylamine groups is 2. The number of anilines is 4. The Morgan fingerprint density at radius 3 is 1.56 bits per heavy atom. The molecule has 0 aliphatic rings. The quantitative estimate of drug-likeness (QED) is 0.0735. The van der Waals surface area contributed by atoms with E-state index in [0.717, 1.165) is 10.6 Å². The number of nitrogens with one attached hydrogen (secondary N) is 2. The first kappa shape index (κ1) is 40.1. The number of Topliss-reactive ketones (excluding diaryl/α,β-unsaturated/α-hetero) is 1. The first-order chi connectivity index (χ1) is 26.3. The van der Waals surface area contributed by atoms with Crippen molar-refractivity contribution in [2.24, 2.45) is 20.0 Å². The molecular weight excluding hydrogens is 749 g/mol. The van der Waals surface area contributed by atoms with Gasteiger partial charge >= 0.3 is 0 Å². The molecule has 4 aromatic heterocycles. The van der Waals surface area contributed by atoms with Gasteiger partial charge in [-0.2, -0.15) is 10.2 Å². The lowest BCUT2D eigenvalue weighted by atomic mass is 10.0. The number of benzene rings is 2. The molecule has 0 saturated carbocycles. The van der Waals surface area contributed by atoms with Crippen LogP contribution in [0.5, 0.6) is 11.5 Å². The summed E-state index contributed by atoms with van der Waals surface area (Å²) in [6, 6.07) is 14.3. The molecule has 2 N–H and O–H groups in total. The lowest BCUT2D eigenvalue weighted by Gasteiger charge is -2.18. The molecule has 0 unspecified atom stereocenters. The van der Waals surface area contributed by atoms with Crippen molar-refractivity contribution in [2.45, 2.75) is 13.8 Å². The van der Waals surface area contributed by atoms with E-state index in [1.54, 1.807) is 62.5 Å². The number of methoxy groups -OCH3 is 2. The second-order valence-electron chi connectivity index (χ2n) is 12.1. The van der Waals surface area contributed by atoms with Gasteiger partial charge in [-0.3, -0.25) is 23.8 Å². The minimum atomic E-state index is -0.379. The van der Waals surface area contributed by atoms with Crippen LogP contribution in [-0.4, -0.2) is 84.6 Å². The van der Waals surface area contributed by atoms with Crippen molar-refractivity contribution in [3.05, 3.63) is 95.0 Å². The maximum atomic E-state index is 12.6. The fourth-order valence-electron chi connectivity index (χ4n) is 5.28. The topological polar surface area (TPSA) is 176 Å². The number of aromatic nitrogens is 8. The predicted octanol–water partition coefficient (Wildman–Crippen LogP) is 7.04. The molecule has 1 amide bonds. The zero-order valence-corrected chi connectivity index (χ0v) is 32.8. The molecule has 0 aliphatic heterocycles. The van der Waals surface area contributed by atoms with E-state index in [-0.39, 0.29) is 28.3 Å². The molecule has 55 heavy (non-hydrogen) atoms. The average Bonchev–Trinajstić information content (AvgIpc) is 3.81. The molecule has 6 aromatic rings. The monoisotopic (exact) mass is 787 g/mol. The van der Waals surface area contributed by atoms with Crippen LogP contribution >= 0.6 is 23.2 Å². The molecule has 18 heteroatoms. The second kappa shape index (κ2) is 17.8. The highest BCUT2D eigenvalue weighted by Gasteiger charge is 2.21. The zero-order chi connectivity index (χ0) is 39.8. The first-order valence-corrected chi connectivity index (χ1v) is 17.4. The molecule has 0 atom stereocenters. The Balaban J connectivity index is 0.000000211. The smallest absolute Gasteiger partial charge is 0.280 e. The number of hydrogen-bond acceptors (Lipinski definition) is 13. The molecular formula is C37H39Cl2N11O5. The van der Waals surface area contributed by atoms with Crippen molar-refractivity contribution in [1.82, 2.24) is 44.6 Å². The maximum Gasteiger partial charge on any atom is 0.280 e. The van der Waals surface area contributed by atoms with Crippen molar-refractivity contribution in [3.63, 3.8) is 0 Å². The Kier molecular flexibility index (Phi) is 13.0. The van der Waals surface area contributed by atoms with E-state index in [4.69, 9.17) is 37.5 Å². The number of ether oxygens (including phenoxy) is 2. The van der Waals surface area contributed by atoms with Gasteiger partial charge in [0, 0.05) is 39.5 Å². The number of rotatable bonds is 12. The van der Waals surface area contributed by atoms with Crippen molar-refractivity contribution in [1.29, 1.82) is 0 Å². The van der Waals surface area contributed by atoms with Gasteiger partial charge in [-0.25, -0.2) is 25.0 Å². The van der Waals surface area contributed by atoms with E-state index in [1.807, 2.05) is 50.2 Å². The van der Waals surface area contributed by atoms with Gasteiger partial charge in [0.15, 0.2) is 28.9 Å². The number of carbonyl (C=O) groups excluding carboxylic acids is 2. The van der Waals surface area contributed by atoms with Crippen LogP contribution in [-0.2, 0) is 18.9 Å². The fraction of sp³-hybridized carbons (Fsp3) is 0.243. The molecule has 0 aliphatic carbocycles. The summed E-state index contributed by atoms with van der Waals surface area (Å²) < 4.78 is 14.4. The maximum absolute atomic E-state index is 12.6. The number of nitrogens with zero attached hydrogens (tertiary/aromatic N) is 9. The Hall–Kier alpha value is -6.10. The van der Waals surface area contributed by atoms with Crippen LogP contribution in [0, 0.1) is 5.92 Å². The van der Waals surface area contributed by atoms with E-state index in [9.17, 15) is 9.59 Å². The third-order valence-corrected chi connectivity index (χ3v) is 8.39. The summed E-state index contributed by atoms with van der Waals surface area (Å²) in [5.74, 6) is 1.59. The van der Waals surface area contributed by atoms with Crippen LogP contribution < -0.4 is 20.1 Å². The lowest BCUT2D eigenvalue weighted by molar-refractivity contribution is -0.0756. The summed E-state index contributed by atoms with van der Waals surface area (Å²) in [5, 5.41) is 16.7. The summed E-state index contributed by atoms with van der Waals surface area (Å²) in [5.41, 5.74) is 4.51. The number of ketones is 1. The van der Waals surface area contributed by atoms with E-state index >= 15 is 0 Å². The van der Waals surface area contributed by atoms with Crippen LogP contribution in [0.3, 0.4) is 0 Å². The molecule has 0 fully saturated rings. The van der Waals surface area contributed by atoms with E-state index in [2.05, 4.69) is 40.8 Å². The van der Waals surface area contributed by atoms with E-state index in [1.165, 1.54) is 26.6 Å². The molecule has 6 rings (SSSR count). The second-order valence-corrected chi connectivity index (χ2v) is 12.9. The number of para-hydroxylation sites is 2. The summed E-state index contributed by atoms with van der Waals surface area (Å²) in [7, 11) is 9.63. The SMILES string of the molecule is COc1c(Nc2cc(Cl)ncc2C(=O)C(C)C)cccc1-c1ncn(C)n1.COc1c(Nc2cc(Cl)ncc2C(=O)N(C)OC)cccc1-c1ncn(C)n1. The highest BCUT2D eigenvalue weighted by Crippen LogP contribution is 2.39. The van der Waals surface area contributed by atoms with Gasteiger partial charge in [-0.1, -0.05) is 49.2 Å². The van der Waals surface area contributed by atoms with Gasteiger partial charge in [0.25, 0.3) is 5.91 Å². The first-order valence-electron chi connectivity index (χ1n) is 16.6. The molecule has 16 nitrogen and oxygen atoms in total. The lowest BCUT2D eigenvalue weighted by Crippen LogP contribution is -2.26. The Morgan fingerprint density at radius 1 is 0.709 bits per heavy atom. The van der Waals surface area contributed by atoms with Crippen molar-refractivity contribution < 1.29 is 23.9 Å². The van der Waals surface area contributed by atoms with Gasteiger partial charge < -0.3 is 20.1 Å². The molecule has 2 aromatic carbocycles. The minimum absolute atomic E-state index is 0.0248. The number of halogens is 2. The van der Waals surface area contributed by atoms with Crippen LogP contribution in [0.1, 0.15) is 34.6 Å². The predicted molar refractivity (Wildman–Crippen MR) is 209 cm³/mol. The summed E-state index contributed by atoms with van der Waals surface area (Å²) >= 11 is 12.1. The highest BCUT2D eigenvalue weighted by molar-refractivity contribution is 6.30. The largest absolute Gasteiger partial charge is 0.494 e. The Labute approximate surface area is 327 Å². The van der Waals surface area contributed by atoms with Gasteiger partial charge in [0.1, 0.15) is 23.0 Å². The summed E-state index contributed by atoms with van der Waals surface area (Å²) in [6.07, 6.45) is 6.11. The number of carbonyl (C=O) groups is 2. The third-order valence-electron chi connectivity index (χ3n) is 7.98. The van der Waals surface area contributed by atoms with Crippen LogP contribution in [0.15, 0.2) is 73.6 Å². The fourth-order valence-corrected chi connectivity index (χ4v) is 5.59. The molecule has 286 valence electrons. The number of amides is 1. The minimum Gasteiger partial charge on any atom is -0.494 e. The summed E-state index contributed by atoms with van der Waals surface area (Å²) in [4.78, 5) is 46.7. The standard InChI is InChI=1S/C19H20ClN5O2.C18H19ClN6O3/c1-11(2)17(26)13-9-21-16(20)8-15(13)23-14-7-5-6-12(18(14)27-4)19-22-10-25(3)24-19;1-24-10-21-17(23-24)11-6-5-7-13(16(11)27-3)22-14-8-15(19)20-9-12(14)18(26)25(2)28-4/h5-11H,1-4H3,(H,21,23);5-10H,1-4H3,(H,20,22). The van der Waals surface area contributed by atoms with Crippen LogP contribution in [0.25, 0.3) is 22.8 Å². The molecule has 0 spiro atoms. The molecule has 4 heterocycles. The van der Waals surface area contributed by atoms with Crippen molar-refractivity contribution >= 4 is 57.6 Å². The van der Waals surface area contributed by atoms with Gasteiger partial charge in [-0.15, -0.1) is 0 Å². The average molecular weight is 789 g/mol. The van der Waals surface area contributed by atoms with Gasteiger partial charge in [0.05, 0.1) is 66.3 Å². The number of pyridine rings is 2. The number of aryl methyl sites for hydroxylation is 2. The van der Waals surface area contributed by atoms with Gasteiger partial charge in [0.2, 0.25) is 0 Å². The zero-order valence-electron chi connectivity index (χ0n) is 31.3.